The molecule has 4 heteroatoms. The molecule has 4 nitrogen and oxygen atoms in total. The predicted molar refractivity (Wildman–Crippen MR) is 74.9 cm³/mol. The van der Waals surface area contributed by atoms with E-state index in [1.54, 1.807) is 25.1 Å². The van der Waals surface area contributed by atoms with Gasteiger partial charge in [-0.1, -0.05) is 6.92 Å². The van der Waals surface area contributed by atoms with E-state index in [4.69, 9.17) is 5.73 Å². The lowest BCUT2D eigenvalue weighted by molar-refractivity contribution is 0.0827. The highest BCUT2D eigenvalue weighted by molar-refractivity contribution is 5.96. The molecule has 0 saturated carbocycles. The number of carbonyl (C=O) groups is 1. The fraction of sp³-hybridized carbons (Fsp3) is 0.500. The Morgan fingerprint density at radius 1 is 1.44 bits per heavy atom. The zero-order valence-electron chi connectivity index (χ0n) is 11.3. The van der Waals surface area contributed by atoms with E-state index in [1.165, 1.54) is 6.42 Å². The van der Waals surface area contributed by atoms with Gasteiger partial charge >= 0.3 is 0 Å². The zero-order valence-corrected chi connectivity index (χ0v) is 11.3. The van der Waals surface area contributed by atoms with E-state index in [0.717, 1.165) is 24.5 Å². The molecule has 0 aliphatic carbocycles. The molecule has 1 aliphatic heterocycles. The number of hydrogen-bond donors (Lipinski definition) is 1. The summed E-state index contributed by atoms with van der Waals surface area (Å²) in [4.78, 5) is 15.8. The average molecular weight is 247 g/mol. The summed E-state index contributed by atoms with van der Waals surface area (Å²) in [6.45, 7) is 4.28. The summed E-state index contributed by atoms with van der Waals surface area (Å²) >= 11 is 0. The monoisotopic (exact) mass is 247 g/mol. The van der Waals surface area contributed by atoms with Gasteiger partial charge in [-0.15, -0.1) is 0 Å². The van der Waals surface area contributed by atoms with Gasteiger partial charge in [-0.3, -0.25) is 4.79 Å². The number of hydrogen-bond acceptors (Lipinski definition) is 3. The van der Waals surface area contributed by atoms with Gasteiger partial charge in [0.1, 0.15) is 0 Å². The number of amides is 1. The molecular formula is C14H21N3O. The highest BCUT2D eigenvalue weighted by Gasteiger charge is 2.21. The van der Waals surface area contributed by atoms with Gasteiger partial charge in [0.25, 0.3) is 5.91 Å². The van der Waals surface area contributed by atoms with E-state index in [0.29, 0.717) is 11.5 Å². The summed E-state index contributed by atoms with van der Waals surface area (Å²) < 4.78 is 0. The van der Waals surface area contributed by atoms with E-state index in [9.17, 15) is 4.79 Å². The van der Waals surface area contributed by atoms with Crippen molar-refractivity contribution in [1.29, 1.82) is 0 Å². The first kappa shape index (κ1) is 12.7. The maximum absolute atomic E-state index is 12.0. The van der Waals surface area contributed by atoms with Crippen LogP contribution in [0.5, 0.6) is 0 Å². The third kappa shape index (κ3) is 2.42. The average Bonchev–Trinajstić information content (AvgIpc) is 2.75. The molecule has 1 unspecified atom stereocenters. The van der Waals surface area contributed by atoms with E-state index >= 15 is 0 Å². The SMILES string of the molecule is CC1CCN(c2cc(C(=O)N(C)C)ccc2N)C1. The smallest absolute Gasteiger partial charge is 0.253 e. The van der Waals surface area contributed by atoms with Crippen LogP contribution in [0.15, 0.2) is 18.2 Å². The third-order valence-corrected chi connectivity index (χ3v) is 3.45. The summed E-state index contributed by atoms with van der Waals surface area (Å²) in [6.07, 6.45) is 1.19. The van der Waals surface area contributed by atoms with Crippen LogP contribution in [-0.4, -0.2) is 38.0 Å². The van der Waals surface area contributed by atoms with Crippen LogP contribution < -0.4 is 10.6 Å². The van der Waals surface area contributed by atoms with Gasteiger partial charge in [-0.2, -0.15) is 0 Å². The van der Waals surface area contributed by atoms with Crippen LogP contribution in [0.25, 0.3) is 0 Å². The first-order valence-electron chi connectivity index (χ1n) is 6.35. The van der Waals surface area contributed by atoms with Crippen molar-refractivity contribution in [2.45, 2.75) is 13.3 Å². The Hall–Kier alpha value is -1.71. The molecule has 98 valence electrons. The Balaban J connectivity index is 2.30. The minimum absolute atomic E-state index is 0.0171. The van der Waals surface area contributed by atoms with Gasteiger partial charge in [0, 0.05) is 32.7 Å². The first-order chi connectivity index (χ1) is 8.49. The quantitative estimate of drug-likeness (QED) is 0.811. The molecule has 0 bridgehead atoms. The molecule has 2 N–H and O–H groups in total. The fourth-order valence-corrected chi connectivity index (χ4v) is 2.36. The van der Waals surface area contributed by atoms with Crippen molar-refractivity contribution in [3.05, 3.63) is 23.8 Å². The van der Waals surface area contributed by atoms with Crippen molar-refractivity contribution in [1.82, 2.24) is 4.90 Å². The van der Waals surface area contributed by atoms with Crippen molar-refractivity contribution in [2.24, 2.45) is 5.92 Å². The molecule has 1 aliphatic rings. The molecule has 0 radical (unpaired) electrons. The Morgan fingerprint density at radius 3 is 2.72 bits per heavy atom. The molecule has 1 fully saturated rings. The number of rotatable bonds is 2. The van der Waals surface area contributed by atoms with E-state index in [2.05, 4.69) is 11.8 Å². The Morgan fingerprint density at radius 2 is 2.17 bits per heavy atom. The second kappa shape index (κ2) is 4.88. The van der Waals surface area contributed by atoms with Gasteiger partial charge in [-0.25, -0.2) is 0 Å². The van der Waals surface area contributed by atoms with Crippen LogP contribution in [0.2, 0.25) is 0 Å². The minimum Gasteiger partial charge on any atom is -0.397 e. The topological polar surface area (TPSA) is 49.6 Å². The van der Waals surface area contributed by atoms with Crippen LogP contribution in [0.3, 0.4) is 0 Å². The molecule has 2 rings (SSSR count). The lowest BCUT2D eigenvalue weighted by Crippen LogP contribution is -2.24. The number of nitrogens with two attached hydrogens (primary N) is 1. The van der Waals surface area contributed by atoms with Crippen LogP contribution >= 0.6 is 0 Å². The molecular weight excluding hydrogens is 226 g/mol. The maximum Gasteiger partial charge on any atom is 0.253 e. The van der Waals surface area contributed by atoms with Crippen molar-refractivity contribution < 1.29 is 4.79 Å². The molecule has 1 aromatic rings. The van der Waals surface area contributed by atoms with Crippen LogP contribution in [-0.2, 0) is 0 Å². The van der Waals surface area contributed by atoms with Crippen LogP contribution in [0.1, 0.15) is 23.7 Å². The second-order valence-electron chi connectivity index (χ2n) is 5.31. The molecule has 18 heavy (non-hydrogen) atoms. The molecule has 0 aromatic heterocycles. The van der Waals surface area contributed by atoms with E-state index in [-0.39, 0.29) is 5.91 Å². The minimum atomic E-state index is 0.0171. The first-order valence-corrected chi connectivity index (χ1v) is 6.35. The Labute approximate surface area is 108 Å². The van der Waals surface area contributed by atoms with Gasteiger partial charge in [-0.05, 0) is 30.5 Å². The summed E-state index contributed by atoms with van der Waals surface area (Å²) in [6, 6.07) is 5.53. The Kier molecular flexibility index (Phi) is 3.45. The third-order valence-electron chi connectivity index (χ3n) is 3.45. The summed E-state index contributed by atoms with van der Waals surface area (Å²) in [5.74, 6) is 0.709. The molecule has 1 atom stereocenters. The van der Waals surface area contributed by atoms with Crippen LogP contribution in [0, 0.1) is 5.92 Å². The van der Waals surface area contributed by atoms with Gasteiger partial charge in [0.15, 0.2) is 0 Å². The molecule has 1 saturated heterocycles. The number of benzene rings is 1. The number of nitrogen functional groups attached to an aromatic ring is 1. The zero-order chi connectivity index (χ0) is 13.3. The summed E-state index contributed by atoms with van der Waals surface area (Å²) in [5, 5.41) is 0. The van der Waals surface area contributed by atoms with E-state index in [1.807, 2.05) is 12.1 Å². The van der Waals surface area contributed by atoms with Crippen molar-refractivity contribution in [3.63, 3.8) is 0 Å². The largest absolute Gasteiger partial charge is 0.397 e. The van der Waals surface area contributed by atoms with Gasteiger partial charge < -0.3 is 15.5 Å². The normalized spacial score (nSPS) is 19.1. The molecule has 0 spiro atoms. The van der Waals surface area contributed by atoms with Gasteiger partial charge in [0.2, 0.25) is 0 Å². The predicted octanol–water partition coefficient (Wildman–Crippen LogP) is 1.82. The lowest BCUT2D eigenvalue weighted by Gasteiger charge is -2.21. The van der Waals surface area contributed by atoms with E-state index < -0.39 is 0 Å². The van der Waals surface area contributed by atoms with Crippen molar-refractivity contribution >= 4 is 17.3 Å². The second-order valence-corrected chi connectivity index (χ2v) is 5.31. The standard InChI is InChI=1S/C14H21N3O/c1-10-6-7-17(9-10)13-8-11(4-5-12(13)15)14(18)16(2)3/h4-5,8,10H,6-7,9,15H2,1-3H3. The van der Waals surface area contributed by atoms with Crippen molar-refractivity contribution in [2.75, 3.05) is 37.8 Å². The van der Waals surface area contributed by atoms with Gasteiger partial charge in [0.05, 0.1) is 11.4 Å². The maximum atomic E-state index is 12.0. The highest BCUT2D eigenvalue weighted by Crippen LogP contribution is 2.29. The van der Waals surface area contributed by atoms with Crippen molar-refractivity contribution in [3.8, 4) is 0 Å². The molecule has 1 heterocycles. The van der Waals surface area contributed by atoms with Crippen LogP contribution in [0.4, 0.5) is 11.4 Å². The number of carbonyl (C=O) groups excluding carboxylic acids is 1. The fourth-order valence-electron chi connectivity index (χ4n) is 2.36. The number of nitrogens with zero attached hydrogens (tertiary/aromatic N) is 2. The highest BCUT2D eigenvalue weighted by atomic mass is 16.2. The Bertz CT molecular complexity index is 456. The summed E-state index contributed by atoms with van der Waals surface area (Å²) in [7, 11) is 3.52. The lowest BCUT2D eigenvalue weighted by atomic mass is 10.1. The molecule has 1 amide bonds. The summed E-state index contributed by atoms with van der Waals surface area (Å²) in [5.41, 5.74) is 8.46. The number of anilines is 2. The molecule has 1 aromatic carbocycles.